The number of benzene rings is 2. The minimum Gasteiger partial charge on any atom is -0.494 e. The van der Waals surface area contributed by atoms with Crippen LogP contribution in [-0.2, 0) is 21.2 Å². The van der Waals surface area contributed by atoms with Crippen LogP contribution in [0.2, 0.25) is 0 Å². The van der Waals surface area contributed by atoms with Crippen molar-refractivity contribution < 1.29 is 23.1 Å². The minimum atomic E-state index is -3.92. The van der Waals surface area contributed by atoms with E-state index in [1.165, 1.54) is 19.2 Å². The molecule has 2 aromatic rings. The van der Waals surface area contributed by atoms with Gasteiger partial charge in [0.1, 0.15) is 11.8 Å². The number of hydrogen-bond acceptors (Lipinski definition) is 4. The number of likely N-dealkylation sites (N-methyl/N-ethyl adjacent to an activating group) is 1. The number of hydrogen-bond donors (Lipinski definition) is 1. The normalized spacial score (nSPS) is 12.8. The summed E-state index contributed by atoms with van der Waals surface area (Å²) in [5.74, 6) is -0.657. The summed E-state index contributed by atoms with van der Waals surface area (Å²) in [5.41, 5.74) is 0.645. The summed E-state index contributed by atoms with van der Waals surface area (Å²) in [7, 11) is -2.63. The molecule has 7 heteroatoms. The lowest BCUT2D eigenvalue weighted by atomic mass is 10.1. The number of sulfonamides is 1. The van der Waals surface area contributed by atoms with Gasteiger partial charge in [-0.15, -0.1) is 0 Å². The number of nitrogens with zero attached hydrogens (tertiary/aromatic N) is 1. The van der Waals surface area contributed by atoms with Gasteiger partial charge in [0.25, 0.3) is 0 Å². The number of para-hydroxylation sites is 1. The van der Waals surface area contributed by atoms with Gasteiger partial charge in [0.15, 0.2) is 0 Å². The molecule has 0 aliphatic carbocycles. The zero-order valence-corrected chi connectivity index (χ0v) is 14.9. The quantitative estimate of drug-likeness (QED) is 0.779. The van der Waals surface area contributed by atoms with Crippen LogP contribution in [0.4, 0.5) is 0 Å². The lowest BCUT2D eigenvalue weighted by molar-refractivity contribution is -0.141. The van der Waals surface area contributed by atoms with Gasteiger partial charge in [-0.25, -0.2) is 8.42 Å². The SMILES string of the molecule is CCOc1ccccc1C[C@@H](C(=O)O)N(C)S(=O)(=O)c1ccccc1. The van der Waals surface area contributed by atoms with Gasteiger partial charge in [0.2, 0.25) is 10.0 Å². The first-order valence-corrected chi connectivity index (χ1v) is 9.28. The van der Waals surface area contributed by atoms with E-state index in [2.05, 4.69) is 0 Å². The van der Waals surface area contributed by atoms with Gasteiger partial charge in [-0.1, -0.05) is 36.4 Å². The Morgan fingerprint density at radius 3 is 2.32 bits per heavy atom. The van der Waals surface area contributed by atoms with Crippen molar-refractivity contribution in [2.45, 2.75) is 24.3 Å². The number of carboxylic acids is 1. The molecule has 0 radical (unpaired) electrons. The van der Waals surface area contributed by atoms with Crippen LogP contribution in [0.15, 0.2) is 59.5 Å². The van der Waals surface area contributed by atoms with E-state index in [-0.39, 0.29) is 11.3 Å². The van der Waals surface area contributed by atoms with E-state index < -0.39 is 22.0 Å². The Kier molecular flexibility index (Phi) is 6.17. The van der Waals surface area contributed by atoms with E-state index in [0.29, 0.717) is 17.9 Å². The van der Waals surface area contributed by atoms with Gasteiger partial charge in [-0.2, -0.15) is 4.31 Å². The molecule has 0 unspecified atom stereocenters. The van der Waals surface area contributed by atoms with Crippen molar-refractivity contribution in [3.05, 3.63) is 60.2 Å². The zero-order valence-electron chi connectivity index (χ0n) is 14.1. The Morgan fingerprint density at radius 2 is 1.72 bits per heavy atom. The molecule has 2 aromatic carbocycles. The number of carbonyl (C=O) groups is 1. The van der Waals surface area contributed by atoms with Crippen LogP contribution >= 0.6 is 0 Å². The summed E-state index contributed by atoms with van der Waals surface area (Å²) in [6.07, 6.45) is 0.00801. The fourth-order valence-corrected chi connectivity index (χ4v) is 3.81. The summed E-state index contributed by atoms with van der Waals surface area (Å²) in [6.45, 7) is 2.27. The largest absolute Gasteiger partial charge is 0.494 e. The van der Waals surface area contributed by atoms with Crippen LogP contribution in [0.25, 0.3) is 0 Å². The Balaban J connectivity index is 2.34. The van der Waals surface area contributed by atoms with Crippen molar-refractivity contribution in [3.63, 3.8) is 0 Å². The molecule has 0 bridgehead atoms. The molecular formula is C18H21NO5S. The molecule has 0 aliphatic heterocycles. The van der Waals surface area contributed by atoms with Crippen LogP contribution in [0, 0.1) is 0 Å². The van der Waals surface area contributed by atoms with Crippen molar-refractivity contribution in [1.29, 1.82) is 0 Å². The highest BCUT2D eigenvalue weighted by atomic mass is 32.2. The van der Waals surface area contributed by atoms with E-state index in [9.17, 15) is 18.3 Å². The molecule has 0 aliphatic rings. The van der Waals surface area contributed by atoms with Crippen molar-refractivity contribution in [2.24, 2.45) is 0 Å². The maximum atomic E-state index is 12.7. The van der Waals surface area contributed by atoms with E-state index in [4.69, 9.17) is 4.74 Å². The van der Waals surface area contributed by atoms with Crippen LogP contribution in [0.5, 0.6) is 5.75 Å². The Bertz CT molecular complexity index is 820. The molecule has 134 valence electrons. The van der Waals surface area contributed by atoms with Gasteiger partial charge >= 0.3 is 5.97 Å². The fraction of sp³-hybridized carbons (Fsp3) is 0.278. The van der Waals surface area contributed by atoms with E-state index in [0.717, 1.165) is 4.31 Å². The van der Waals surface area contributed by atoms with Crippen molar-refractivity contribution in [1.82, 2.24) is 4.31 Å². The van der Waals surface area contributed by atoms with Crippen molar-refractivity contribution in [3.8, 4) is 5.75 Å². The molecule has 6 nitrogen and oxygen atoms in total. The first-order valence-electron chi connectivity index (χ1n) is 7.84. The number of carboxylic acid groups (broad SMARTS) is 1. The molecule has 0 fully saturated rings. The third-order valence-corrected chi connectivity index (χ3v) is 5.71. The van der Waals surface area contributed by atoms with Crippen LogP contribution < -0.4 is 4.74 Å². The van der Waals surface area contributed by atoms with Gasteiger partial charge in [-0.05, 0) is 30.7 Å². The van der Waals surface area contributed by atoms with E-state index >= 15 is 0 Å². The topological polar surface area (TPSA) is 83.9 Å². The second-order valence-electron chi connectivity index (χ2n) is 5.43. The number of rotatable bonds is 8. The predicted molar refractivity (Wildman–Crippen MR) is 94.1 cm³/mol. The highest BCUT2D eigenvalue weighted by Crippen LogP contribution is 2.24. The molecule has 0 amide bonds. The highest BCUT2D eigenvalue weighted by molar-refractivity contribution is 7.89. The first-order chi connectivity index (χ1) is 11.9. The molecule has 1 atom stereocenters. The summed E-state index contributed by atoms with van der Waals surface area (Å²) < 4.78 is 31.8. The Labute approximate surface area is 147 Å². The number of aliphatic carboxylic acids is 1. The van der Waals surface area contributed by atoms with Gasteiger partial charge in [0.05, 0.1) is 11.5 Å². The standard InChI is InChI=1S/C18H21NO5S/c1-3-24-17-12-8-7-9-14(17)13-16(18(20)21)19(2)25(22,23)15-10-5-4-6-11-15/h4-12,16H,3,13H2,1-2H3,(H,20,21)/t16-/m0/s1. The van der Waals surface area contributed by atoms with Gasteiger partial charge in [0, 0.05) is 13.5 Å². The first kappa shape index (κ1) is 19.0. The molecular weight excluding hydrogens is 342 g/mol. The van der Waals surface area contributed by atoms with Crippen LogP contribution in [-0.4, -0.2) is 43.5 Å². The molecule has 1 N–H and O–H groups in total. The monoisotopic (exact) mass is 363 g/mol. The smallest absolute Gasteiger partial charge is 0.322 e. The summed E-state index contributed by atoms with van der Waals surface area (Å²) in [5, 5.41) is 9.59. The second kappa shape index (κ2) is 8.13. The highest BCUT2D eigenvalue weighted by Gasteiger charge is 2.33. The van der Waals surface area contributed by atoms with Crippen LogP contribution in [0.1, 0.15) is 12.5 Å². The van der Waals surface area contributed by atoms with Crippen LogP contribution in [0.3, 0.4) is 0 Å². The fourth-order valence-electron chi connectivity index (χ4n) is 2.47. The molecule has 0 heterocycles. The summed E-state index contributed by atoms with van der Waals surface area (Å²) in [4.78, 5) is 11.8. The van der Waals surface area contributed by atoms with E-state index in [1.807, 2.05) is 6.92 Å². The third kappa shape index (κ3) is 4.37. The molecule has 0 spiro atoms. The molecule has 2 rings (SSSR count). The molecule has 25 heavy (non-hydrogen) atoms. The minimum absolute atomic E-state index is 0.00801. The van der Waals surface area contributed by atoms with E-state index in [1.54, 1.807) is 42.5 Å². The molecule has 0 saturated carbocycles. The van der Waals surface area contributed by atoms with Gasteiger partial charge < -0.3 is 9.84 Å². The second-order valence-corrected chi connectivity index (χ2v) is 7.43. The predicted octanol–water partition coefficient (Wildman–Crippen LogP) is 2.40. The summed E-state index contributed by atoms with van der Waals surface area (Å²) in [6, 6.07) is 13.6. The summed E-state index contributed by atoms with van der Waals surface area (Å²) >= 11 is 0. The lowest BCUT2D eigenvalue weighted by Gasteiger charge is -2.25. The molecule has 0 saturated heterocycles. The third-order valence-electron chi connectivity index (χ3n) is 3.83. The lowest BCUT2D eigenvalue weighted by Crippen LogP contribution is -2.43. The number of ether oxygens (including phenoxy) is 1. The van der Waals surface area contributed by atoms with Crippen molar-refractivity contribution >= 4 is 16.0 Å². The Morgan fingerprint density at radius 1 is 1.12 bits per heavy atom. The average Bonchev–Trinajstić information content (AvgIpc) is 2.61. The van der Waals surface area contributed by atoms with Gasteiger partial charge in [-0.3, -0.25) is 4.79 Å². The zero-order chi connectivity index (χ0) is 18.4. The average molecular weight is 363 g/mol. The maximum Gasteiger partial charge on any atom is 0.322 e. The molecule has 0 aromatic heterocycles. The maximum absolute atomic E-state index is 12.7. The Hall–Kier alpha value is -2.38. The van der Waals surface area contributed by atoms with Crippen molar-refractivity contribution in [2.75, 3.05) is 13.7 Å².